The average Bonchev–Trinajstić information content (AvgIpc) is 3.02. The molecule has 0 radical (unpaired) electrons. The minimum absolute atomic E-state index is 0. The van der Waals surface area contributed by atoms with E-state index in [0.29, 0.717) is 5.75 Å². The van der Waals surface area contributed by atoms with Crippen LogP contribution in [0.25, 0.3) is 0 Å². The molecule has 1 fully saturated rings. The molecule has 0 aromatic carbocycles. The first-order valence-electron chi connectivity index (χ1n) is 6.93. The van der Waals surface area contributed by atoms with E-state index < -0.39 is 29.2 Å². The van der Waals surface area contributed by atoms with Gasteiger partial charge in [-0.25, -0.2) is 4.98 Å². The van der Waals surface area contributed by atoms with Crippen LogP contribution in [0.2, 0.25) is 0 Å². The Labute approximate surface area is 178 Å². The number of nitrogens with one attached hydrogen (secondary N) is 1. The molecule has 1 saturated heterocycles. The monoisotopic (exact) mass is 405 g/mol. The summed E-state index contributed by atoms with van der Waals surface area (Å²) in [4.78, 5) is 45.5. The van der Waals surface area contributed by atoms with E-state index in [-0.39, 0.29) is 51.8 Å². The van der Waals surface area contributed by atoms with Crippen molar-refractivity contribution in [2.45, 2.75) is 11.4 Å². The second kappa shape index (κ2) is 8.39. The summed E-state index contributed by atoms with van der Waals surface area (Å²) < 4.78 is 0. The third kappa shape index (κ3) is 3.74. The number of aromatic nitrogens is 1. The van der Waals surface area contributed by atoms with Gasteiger partial charge in [-0.2, -0.15) is 0 Å². The summed E-state index contributed by atoms with van der Waals surface area (Å²) in [6.07, 6.45) is 1.41. The molecule has 1 aromatic heterocycles. The topological polar surface area (TPSA) is 150 Å². The molecule has 26 heavy (non-hydrogen) atoms. The molecule has 13 heteroatoms. The van der Waals surface area contributed by atoms with Crippen molar-refractivity contribution in [1.82, 2.24) is 15.2 Å². The van der Waals surface area contributed by atoms with Gasteiger partial charge in [0, 0.05) is 11.1 Å². The maximum absolute atomic E-state index is 12.5. The number of hydrogen-bond acceptors (Lipinski definition) is 10. The fourth-order valence-electron chi connectivity index (χ4n) is 2.43. The van der Waals surface area contributed by atoms with Crippen molar-refractivity contribution < 1.29 is 53.9 Å². The van der Waals surface area contributed by atoms with Crippen molar-refractivity contribution in [1.29, 1.82) is 0 Å². The number of carbonyl (C=O) groups excluding carboxylic acids is 3. The number of β-lactam (4-membered cyclic amide) rings is 1. The molecule has 0 spiro atoms. The van der Waals surface area contributed by atoms with E-state index in [1.165, 1.54) is 30.3 Å². The van der Waals surface area contributed by atoms with Gasteiger partial charge in [-0.3, -0.25) is 14.5 Å². The Morgan fingerprint density at radius 2 is 2.27 bits per heavy atom. The number of rotatable bonds is 5. The molecule has 3 N–H and O–H groups in total. The molecule has 2 amide bonds. The number of oxime groups is 1. The van der Waals surface area contributed by atoms with Crippen LogP contribution < -0.4 is 45.7 Å². The van der Waals surface area contributed by atoms with Gasteiger partial charge in [0.15, 0.2) is 10.8 Å². The molecule has 2 aliphatic rings. The fraction of sp³-hybridized carbons (Fsp3) is 0.308. The van der Waals surface area contributed by atoms with E-state index in [2.05, 4.69) is 20.3 Å². The Hall–Kier alpha value is -1.60. The largest absolute Gasteiger partial charge is 1.00 e. The minimum Gasteiger partial charge on any atom is -0.543 e. The van der Waals surface area contributed by atoms with Gasteiger partial charge in [-0.1, -0.05) is 5.16 Å². The molecule has 2 aliphatic heterocycles. The number of aliphatic carboxylic acids is 1. The minimum atomic E-state index is -1.43. The first-order valence-corrected chi connectivity index (χ1v) is 8.86. The van der Waals surface area contributed by atoms with Crippen LogP contribution in [0.4, 0.5) is 5.13 Å². The summed E-state index contributed by atoms with van der Waals surface area (Å²) >= 11 is 2.46. The predicted molar refractivity (Wildman–Crippen MR) is 88.2 cm³/mol. The van der Waals surface area contributed by atoms with E-state index in [4.69, 9.17) is 5.73 Å². The summed E-state index contributed by atoms with van der Waals surface area (Å²) in [5.74, 6) is -2.24. The van der Waals surface area contributed by atoms with Crippen LogP contribution in [-0.4, -0.2) is 57.7 Å². The van der Waals surface area contributed by atoms with E-state index >= 15 is 0 Å². The maximum Gasteiger partial charge on any atom is 1.00 e. The zero-order valence-corrected chi connectivity index (χ0v) is 17.4. The zero-order valence-electron chi connectivity index (χ0n) is 13.8. The number of amides is 2. The first-order chi connectivity index (χ1) is 11.9. The van der Waals surface area contributed by atoms with Crippen LogP contribution in [0.1, 0.15) is 5.69 Å². The Morgan fingerprint density at radius 1 is 1.54 bits per heavy atom. The number of fused-ring (bicyclic) bond motifs is 1. The molecular formula is C13H12N5NaO5S2. The van der Waals surface area contributed by atoms with Crippen LogP contribution in [0.3, 0.4) is 0 Å². The number of hydrogen-bond donors (Lipinski definition) is 2. The molecule has 0 saturated carbocycles. The third-order valence-corrected chi connectivity index (χ3v) is 5.36. The number of nitrogen functional groups attached to an aromatic ring is 1. The molecule has 2 atom stereocenters. The molecule has 0 bridgehead atoms. The Morgan fingerprint density at radius 3 is 2.85 bits per heavy atom. The standard InChI is InChI=1S/C13H13N5O5S2.Na/c1-23-17-7(5-4-25-13(14)15-5)9(19)16-8-10(20)18-6(12(21)22)2-3-24-11(8)18;/h2,4,8,11H,3H2,1H3,(H2,14,15)(H,16,19)(H,21,22);/q;+1/p-1/t8?,11-;/m1./s1. The van der Waals surface area contributed by atoms with Gasteiger partial charge in [0.1, 0.15) is 24.2 Å². The average molecular weight is 405 g/mol. The van der Waals surface area contributed by atoms with Crippen LogP contribution >= 0.6 is 23.1 Å². The quantitative estimate of drug-likeness (QED) is 0.214. The molecule has 1 aromatic rings. The maximum atomic E-state index is 12.5. The summed E-state index contributed by atoms with van der Waals surface area (Å²) in [6.45, 7) is 0. The molecule has 3 heterocycles. The number of nitrogens with two attached hydrogens (primary N) is 1. The second-order valence-electron chi connectivity index (χ2n) is 4.95. The number of carboxylic acids is 1. The van der Waals surface area contributed by atoms with Crippen LogP contribution in [0.15, 0.2) is 22.3 Å². The summed E-state index contributed by atoms with van der Waals surface area (Å²) in [7, 11) is 1.27. The molecule has 0 aliphatic carbocycles. The van der Waals surface area contributed by atoms with E-state index in [9.17, 15) is 19.5 Å². The molecule has 132 valence electrons. The third-order valence-electron chi connectivity index (χ3n) is 3.50. The SMILES string of the molecule is CON=C(C(=O)NC1C(=O)N2C(C(=O)[O-])=CCS[C@H]12)c1csc(N)n1.[Na+]. The molecule has 10 nitrogen and oxygen atoms in total. The van der Waals surface area contributed by atoms with Crippen LogP contribution in [0, 0.1) is 0 Å². The second-order valence-corrected chi connectivity index (χ2v) is 6.99. The predicted octanol–water partition coefficient (Wildman–Crippen LogP) is -4.89. The van der Waals surface area contributed by atoms with Gasteiger partial charge < -0.3 is 25.8 Å². The summed E-state index contributed by atoms with van der Waals surface area (Å²) in [5.41, 5.74) is 5.46. The van der Waals surface area contributed by atoms with Crippen molar-refractivity contribution in [3.05, 3.63) is 22.8 Å². The molecule has 1 unspecified atom stereocenters. The smallest absolute Gasteiger partial charge is 0.543 e. The first kappa shape index (κ1) is 20.7. The van der Waals surface area contributed by atoms with Crippen molar-refractivity contribution in [3.63, 3.8) is 0 Å². The van der Waals surface area contributed by atoms with Crippen molar-refractivity contribution >= 4 is 51.7 Å². The van der Waals surface area contributed by atoms with Crippen LogP contribution in [0.5, 0.6) is 0 Å². The normalized spacial score (nSPS) is 21.7. The number of anilines is 1. The fourth-order valence-corrected chi connectivity index (χ4v) is 4.17. The summed E-state index contributed by atoms with van der Waals surface area (Å²) in [6, 6.07) is -0.876. The Kier molecular flexibility index (Phi) is 6.69. The van der Waals surface area contributed by atoms with Crippen molar-refractivity contribution in [2.75, 3.05) is 18.6 Å². The number of thioether (sulfide) groups is 1. The van der Waals surface area contributed by atoms with Gasteiger partial charge in [0.25, 0.3) is 11.8 Å². The van der Waals surface area contributed by atoms with Gasteiger partial charge in [-0.05, 0) is 6.08 Å². The van der Waals surface area contributed by atoms with Crippen molar-refractivity contribution in [3.8, 4) is 0 Å². The van der Waals surface area contributed by atoms with E-state index in [0.717, 1.165) is 16.2 Å². The Balaban J connectivity index is 0.00000243. The molecule has 3 rings (SSSR count). The summed E-state index contributed by atoms with van der Waals surface area (Å²) in [5, 5.41) is 18.5. The number of thiazole rings is 1. The number of carboxylic acid groups (broad SMARTS) is 1. The number of nitrogens with zero attached hydrogens (tertiary/aromatic N) is 3. The molecular weight excluding hydrogens is 393 g/mol. The van der Waals surface area contributed by atoms with Gasteiger partial charge in [0.05, 0.1) is 11.7 Å². The van der Waals surface area contributed by atoms with Gasteiger partial charge in [-0.15, -0.1) is 23.1 Å². The number of carbonyl (C=O) groups is 3. The Bertz CT molecular complexity index is 811. The van der Waals surface area contributed by atoms with Crippen LogP contribution in [-0.2, 0) is 19.2 Å². The van der Waals surface area contributed by atoms with E-state index in [1.54, 1.807) is 0 Å². The van der Waals surface area contributed by atoms with Gasteiger partial charge in [0.2, 0.25) is 0 Å². The van der Waals surface area contributed by atoms with E-state index in [1.807, 2.05) is 0 Å². The van der Waals surface area contributed by atoms with Crippen molar-refractivity contribution in [2.24, 2.45) is 5.16 Å². The zero-order chi connectivity index (χ0) is 18.1. The van der Waals surface area contributed by atoms with Gasteiger partial charge >= 0.3 is 29.6 Å².